The molecule has 14 heavy (non-hydrogen) atoms. The van der Waals surface area contributed by atoms with Crippen LogP contribution < -0.4 is 5.73 Å². The van der Waals surface area contributed by atoms with E-state index in [1.165, 1.54) is 12.5 Å². The maximum absolute atomic E-state index is 13.1. The smallest absolute Gasteiger partial charge is 0.165 e. The van der Waals surface area contributed by atoms with Gasteiger partial charge in [-0.3, -0.25) is 0 Å². The fraction of sp³-hybridized carbons (Fsp3) is 0.545. The Morgan fingerprint density at radius 1 is 1.50 bits per heavy atom. The van der Waals surface area contributed by atoms with Crippen molar-refractivity contribution in [3.63, 3.8) is 0 Å². The molecule has 0 aromatic carbocycles. The molecule has 1 aromatic heterocycles. The molecule has 1 aliphatic carbocycles. The van der Waals surface area contributed by atoms with E-state index in [4.69, 9.17) is 5.73 Å². The van der Waals surface area contributed by atoms with Crippen molar-refractivity contribution in [3.8, 4) is 0 Å². The fourth-order valence-electron chi connectivity index (χ4n) is 2.20. The summed E-state index contributed by atoms with van der Waals surface area (Å²) < 4.78 is 13.1. The molecule has 0 saturated heterocycles. The highest BCUT2D eigenvalue weighted by atomic mass is 19.1. The number of nitrogen functional groups attached to an aromatic ring is 1. The van der Waals surface area contributed by atoms with E-state index in [2.05, 4.69) is 11.9 Å². The van der Waals surface area contributed by atoms with Crippen LogP contribution in [0.25, 0.3) is 0 Å². The van der Waals surface area contributed by atoms with E-state index in [9.17, 15) is 4.39 Å². The van der Waals surface area contributed by atoms with Gasteiger partial charge in [-0.25, -0.2) is 9.37 Å². The van der Waals surface area contributed by atoms with Crippen molar-refractivity contribution in [1.82, 2.24) is 4.98 Å². The van der Waals surface area contributed by atoms with Crippen molar-refractivity contribution >= 4 is 5.82 Å². The van der Waals surface area contributed by atoms with Gasteiger partial charge in [0, 0.05) is 6.20 Å². The topological polar surface area (TPSA) is 38.9 Å². The van der Waals surface area contributed by atoms with Gasteiger partial charge in [0.25, 0.3) is 0 Å². The molecule has 2 rings (SSSR count). The van der Waals surface area contributed by atoms with Crippen molar-refractivity contribution in [2.45, 2.75) is 32.1 Å². The second kappa shape index (κ2) is 3.56. The average Bonchev–Trinajstić information content (AvgIpc) is 2.57. The Kier molecular flexibility index (Phi) is 2.40. The summed E-state index contributed by atoms with van der Waals surface area (Å²) in [5.74, 6) is 0.843. The van der Waals surface area contributed by atoms with Crippen molar-refractivity contribution in [2.24, 2.45) is 5.92 Å². The van der Waals surface area contributed by atoms with Gasteiger partial charge in [-0.1, -0.05) is 13.3 Å². The monoisotopic (exact) mass is 194 g/mol. The standard InChI is InChI=1S/C11H15FN2/c1-7-2-3-8(4-7)9-5-10(12)11(13)14-6-9/h5-8H,2-4H2,1H3,(H2,13,14). The van der Waals surface area contributed by atoms with Gasteiger partial charge < -0.3 is 5.73 Å². The summed E-state index contributed by atoms with van der Waals surface area (Å²) in [6.45, 7) is 2.24. The van der Waals surface area contributed by atoms with Gasteiger partial charge in [-0.15, -0.1) is 0 Å². The second-order valence-electron chi connectivity index (χ2n) is 4.25. The average molecular weight is 194 g/mol. The zero-order chi connectivity index (χ0) is 10.1. The minimum absolute atomic E-state index is 0.000189. The zero-order valence-electron chi connectivity index (χ0n) is 8.33. The summed E-state index contributed by atoms with van der Waals surface area (Å²) in [5, 5.41) is 0. The Hall–Kier alpha value is -1.12. The summed E-state index contributed by atoms with van der Waals surface area (Å²) in [6.07, 6.45) is 5.23. The van der Waals surface area contributed by atoms with E-state index in [0.29, 0.717) is 5.92 Å². The Labute approximate surface area is 83.3 Å². The van der Waals surface area contributed by atoms with Crippen LogP contribution in [0, 0.1) is 11.7 Å². The van der Waals surface area contributed by atoms with Crippen LogP contribution in [0.15, 0.2) is 12.3 Å². The van der Waals surface area contributed by atoms with Crippen LogP contribution in [-0.2, 0) is 0 Å². The van der Waals surface area contributed by atoms with Crippen LogP contribution in [-0.4, -0.2) is 4.98 Å². The lowest BCUT2D eigenvalue weighted by molar-refractivity contribution is 0.589. The van der Waals surface area contributed by atoms with Gasteiger partial charge in [0.15, 0.2) is 11.6 Å². The maximum atomic E-state index is 13.1. The predicted molar refractivity (Wildman–Crippen MR) is 54.4 cm³/mol. The number of hydrogen-bond donors (Lipinski definition) is 1. The zero-order valence-corrected chi connectivity index (χ0v) is 8.33. The molecule has 1 heterocycles. The number of halogens is 1. The van der Waals surface area contributed by atoms with E-state index >= 15 is 0 Å². The number of aromatic nitrogens is 1. The van der Waals surface area contributed by atoms with E-state index in [0.717, 1.165) is 24.3 Å². The molecule has 0 aliphatic heterocycles. The third kappa shape index (κ3) is 1.72. The van der Waals surface area contributed by atoms with Gasteiger partial charge in [0.1, 0.15) is 0 Å². The number of nitrogens with two attached hydrogens (primary N) is 1. The van der Waals surface area contributed by atoms with E-state index in [-0.39, 0.29) is 11.6 Å². The molecule has 1 aromatic rings. The first kappa shape index (κ1) is 9.44. The highest BCUT2D eigenvalue weighted by molar-refractivity contribution is 5.33. The number of nitrogens with zero attached hydrogens (tertiary/aromatic N) is 1. The number of pyridine rings is 1. The number of rotatable bonds is 1. The largest absolute Gasteiger partial charge is 0.381 e. The molecule has 1 aliphatic rings. The Morgan fingerprint density at radius 3 is 2.86 bits per heavy atom. The second-order valence-corrected chi connectivity index (χ2v) is 4.25. The predicted octanol–water partition coefficient (Wildman–Crippen LogP) is 2.71. The molecule has 2 N–H and O–H groups in total. The molecular formula is C11H15FN2. The summed E-state index contributed by atoms with van der Waals surface area (Å²) in [6, 6.07) is 1.53. The summed E-state index contributed by atoms with van der Waals surface area (Å²) in [7, 11) is 0. The highest BCUT2D eigenvalue weighted by Crippen LogP contribution is 2.37. The van der Waals surface area contributed by atoms with Crippen molar-refractivity contribution in [3.05, 3.63) is 23.6 Å². The molecule has 2 unspecified atom stereocenters. The van der Waals surface area contributed by atoms with Crippen molar-refractivity contribution < 1.29 is 4.39 Å². The summed E-state index contributed by atoms with van der Waals surface area (Å²) >= 11 is 0. The van der Waals surface area contributed by atoms with Crippen molar-refractivity contribution in [2.75, 3.05) is 5.73 Å². The molecule has 1 fully saturated rings. The quantitative estimate of drug-likeness (QED) is 0.746. The number of anilines is 1. The molecule has 0 amide bonds. The van der Waals surface area contributed by atoms with Gasteiger partial charge in [0.05, 0.1) is 0 Å². The molecule has 0 radical (unpaired) electrons. The van der Waals surface area contributed by atoms with Gasteiger partial charge in [-0.2, -0.15) is 0 Å². The first-order valence-corrected chi connectivity index (χ1v) is 5.07. The first-order valence-electron chi connectivity index (χ1n) is 5.07. The molecule has 1 saturated carbocycles. The lowest BCUT2D eigenvalue weighted by Crippen LogP contribution is -2.00. The summed E-state index contributed by atoms with van der Waals surface area (Å²) in [4.78, 5) is 3.85. The van der Waals surface area contributed by atoms with Crippen LogP contribution in [0.1, 0.15) is 37.7 Å². The van der Waals surface area contributed by atoms with Crippen LogP contribution in [0.3, 0.4) is 0 Å². The highest BCUT2D eigenvalue weighted by Gasteiger charge is 2.23. The molecule has 2 nitrogen and oxygen atoms in total. The van der Waals surface area contributed by atoms with E-state index < -0.39 is 0 Å². The third-order valence-electron chi connectivity index (χ3n) is 3.06. The third-order valence-corrected chi connectivity index (χ3v) is 3.06. The number of hydrogen-bond acceptors (Lipinski definition) is 2. The SMILES string of the molecule is CC1CCC(c2cnc(N)c(F)c2)C1. The normalized spacial score (nSPS) is 26.7. The molecular weight excluding hydrogens is 179 g/mol. The Balaban J connectivity index is 2.20. The Bertz CT molecular complexity index is 338. The first-order chi connectivity index (χ1) is 6.66. The van der Waals surface area contributed by atoms with E-state index in [1.54, 1.807) is 6.20 Å². The Morgan fingerprint density at radius 2 is 2.29 bits per heavy atom. The molecule has 0 bridgehead atoms. The maximum Gasteiger partial charge on any atom is 0.165 e. The van der Waals surface area contributed by atoms with Crippen LogP contribution in [0.5, 0.6) is 0 Å². The van der Waals surface area contributed by atoms with Gasteiger partial charge in [0.2, 0.25) is 0 Å². The lowest BCUT2D eigenvalue weighted by atomic mass is 9.98. The minimum Gasteiger partial charge on any atom is -0.381 e. The summed E-state index contributed by atoms with van der Waals surface area (Å²) in [5.41, 5.74) is 6.33. The van der Waals surface area contributed by atoms with Crippen LogP contribution in [0.2, 0.25) is 0 Å². The van der Waals surface area contributed by atoms with Crippen LogP contribution in [0.4, 0.5) is 10.2 Å². The molecule has 3 heteroatoms. The molecule has 76 valence electrons. The van der Waals surface area contributed by atoms with E-state index in [1.807, 2.05) is 0 Å². The van der Waals surface area contributed by atoms with Crippen molar-refractivity contribution in [1.29, 1.82) is 0 Å². The van der Waals surface area contributed by atoms with Gasteiger partial charge in [-0.05, 0) is 36.3 Å². The minimum atomic E-state index is -0.387. The molecule has 0 spiro atoms. The fourth-order valence-corrected chi connectivity index (χ4v) is 2.20. The van der Waals surface area contributed by atoms with Gasteiger partial charge >= 0.3 is 0 Å². The van der Waals surface area contributed by atoms with Crippen LogP contribution >= 0.6 is 0 Å². The lowest BCUT2D eigenvalue weighted by Gasteiger charge is -2.09. The molecule has 2 atom stereocenters.